The molecule has 5 heteroatoms. The van der Waals surface area contributed by atoms with Crippen LogP contribution in [0.15, 0.2) is 41.1 Å². The maximum absolute atomic E-state index is 12.4. The van der Waals surface area contributed by atoms with Gasteiger partial charge in [0.05, 0.1) is 17.3 Å². The van der Waals surface area contributed by atoms with Crippen molar-refractivity contribution in [2.45, 2.75) is 26.3 Å². The summed E-state index contributed by atoms with van der Waals surface area (Å²) in [5.41, 5.74) is 3.34. The quantitative estimate of drug-likeness (QED) is 0.772. The van der Waals surface area contributed by atoms with E-state index >= 15 is 0 Å². The summed E-state index contributed by atoms with van der Waals surface area (Å²) in [4.78, 5) is 12.4. The van der Waals surface area contributed by atoms with Crippen LogP contribution in [-0.4, -0.2) is 16.1 Å². The Balaban J connectivity index is 1.87. The van der Waals surface area contributed by atoms with Crippen LogP contribution in [0.5, 0.6) is 0 Å². The molecule has 1 atom stereocenters. The smallest absolute Gasteiger partial charge is 0.255 e. The van der Waals surface area contributed by atoms with Crippen LogP contribution in [0.4, 0.5) is 0 Å². The van der Waals surface area contributed by atoms with Crippen LogP contribution in [-0.2, 0) is 6.42 Å². The van der Waals surface area contributed by atoms with E-state index in [2.05, 4.69) is 22.4 Å². The summed E-state index contributed by atoms with van der Waals surface area (Å²) in [6.07, 6.45) is 4.10. The zero-order valence-electron chi connectivity index (χ0n) is 12.0. The number of fused-ring (bicyclic) bond motifs is 1. The lowest BCUT2D eigenvalue weighted by molar-refractivity contribution is 0.0940. The minimum atomic E-state index is -0.149. The van der Waals surface area contributed by atoms with Crippen molar-refractivity contribution in [2.24, 2.45) is 0 Å². The van der Waals surface area contributed by atoms with E-state index in [0.717, 1.165) is 23.1 Å². The van der Waals surface area contributed by atoms with Crippen molar-refractivity contribution in [3.63, 3.8) is 0 Å². The third-order valence-corrected chi connectivity index (χ3v) is 3.63. The van der Waals surface area contributed by atoms with Gasteiger partial charge in [-0.05, 0) is 37.1 Å². The molecule has 0 aliphatic heterocycles. The van der Waals surface area contributed by atoms with E-state index in [1.807, 2.05) is 31.2 Å². The normalized spacial score (nSPS) is 12.5. The molecule has 108 valence electrons. The average Bonchev–Trinajstić information content (AvgIpc) is 3.15. The Bertz CT molecular complexity index is 759. The molecule has 2 N–H and O–H groups in total. The lowest BCUT2D eigenvalue weighted by atomic mass is 10.1. The molecule has 2 heterocycles. The summed E-state index contributed by atoms with van der Waals surface area (Å²) in [7, 11) is 0. The van der Waals surface area contributed by atoms with Crippen LogP contribution in [0.1, 0.15) is 41.5 Å². The van der Waals surface area contributed by atoms with Crippen LogP contribution < -0.4 is 5.32 Å². The third-order valence-electron chi connectivity index (χ3n) is 3.63. The SMILES string of the molecule is CCc1ccc2occ(C(=O)N[C@H](C)c3ccn[nH]3)c2c1. The van der Waals surface area contributed by atoms with Gasteiger partial charge < -0.3 is 9.73 Å². The average molecular weight is 283 g/mol. The molecule has 5 nitrogen and oxygen atoms in total. The molecule has 0 aliphatic rings. The Labute approximate surface area is 122 Å². The number of H-pyrrole nitrogens is 1. The molecule has 2 aromatic heterocycles. The van der Waals surface area contributed by atoms with Crippen molar-refractivity contribution < 1.29 is 9.21 Å². The van der Waals surface area contributed by atoms with Gasteiger partial charge in [0.25, 0.3) is 5.91 Å². The second kappa shape index (κ2) is 5.44. The van der Waals surface area contributed by atoms with Crippen molar-refractivity contribution in [3.8, 4) is 0 Å². The molecule has 0 spiro atoms. The molecule has 0 fully saturated rings. The number of carbonyl (C=O) groups is 1. The molecule has 1 amide bonds. The first-order valence-corrected chi connectivity index (χ1v) is 6.99. The summed E-state index contributed by atoms with van der Waals surface area (Å²) in [6.45, 7) is 3.99. The fourth-order valence-corrected chi connectivity index (χ4v) is 2.33. The first-order valence-electron chi connectivity index (χ1n) is 6.99. The van der Waals surface area contributed by atoms with Gasteiger partial charge in [-0.2, -0.15) is 5.10 Å². The number of rotatable bonds is 4. The number of nitrogens with zero attached hydrogens (tertiary/aromatic N) is 1. The minimum Gasteiger partial charge on any atom is -0.463 e. The zero-order valence-corrected chi connectivity index (χ0v) is 12.0. The zero-order chi connectivity index (χ0) is 14.8. The highest BCUT2D eigenvalue weighted by Gasteiger charge is 2.17. The number of aromatic nitrogens is 2. The fraction of sp³-hybridized carbons (Fsp3) is 0.250. The Morgan fingerprint density at radius 3 is 3.00 bits per heavy atom. The summed E-state index contributed by atoms with van der Waals surface area (Å²) in [5, 5.41) is 10.5. The lowest BCUT2D eigenvalue weighted by Crippen LogP contribution is -2.26. The molecular formula is C16H17N3O2. The topological polar surface area (TPSA) is 70.9 Å². The van der Waals surface area contributed by atoms with Crippen LogP contribution in [0.25, 0.3) is 11.0 Å². The third kappa shape index (κ3) is 2.54. The van der Waals surface area contributed by atoms with E-state index < -0.39 is 0 Å². The predicted octanol–water partition coefficient (Wildman–Crippen LogP) is 3.21. The maximum atomic E-state index is 12.4. The summed E-state index contributed by atoms with van der Waals surface area (Å²) in [6, 6.07) is 7.63. The number of aromatic amines is 1. The van der Waals surface area contributed by atoms with Gasteiger partial charge in [-0.15, -0.1) is 0 Å². The summed E-state index contributed by atoms with van der Waals surface area (Å²) >= 11 is 0. The molecule has 3 aromatic rings. The van der Waals surface area contributed by atoms with Gasteiger partial charge in [-0.3, -0.25) is 9.89 Å². The van der Waals surface area contributed by atoms with Crippen LogP contribution >= 0.6 is 0 Å². The first-order chi connectivity index (χ1) is 10.2. The predicted molar refractivity (Wildman–Crippen MR) is 80.1 cm³/mol. The minimum absolute atomic E-state index is 0.140. The van der Waals surface area contributed by atoms with Gasteiger partial charge in [0, 0.05) is 11.6 Å². The van der Waals surface area contributed by atoms with E-state index in [1.165, 1.54) is 11.8 Å². The number of furan rings is 1. The first kappa shape index (κ1) is 13.4. The Kier molecular flexibility index (Phi) is 3.48. The van der Waals surface area contributed by atoms with Crippen LogP contribution in [0.3, 0.4) is 0 Å². The Morgan fingerprint density at radius 2 is 2.29 bits per heavy atom. The standard InChI is InChI=1S/C16H17N3O2/c1-3-11-4-5-15-12(8-11)13(9-21-15)16(20)18-10(2)14-6-7-17-19-14/h4-10H,3H2,1-2H3,(H,17,19)(H,18,20)/t10-/m1/s1. The highest BCUT2D eigenvalue weighted by molar-refractivity contribution is 6.06. The number of amides is 1. The molecule has 21 heavy (non-hydrogen) atoms. The number of hydrogen-bond acceptors (Lipinski definition) is 3. The fourth-order valence-electron chi connectivity index (χ4n) is 2.33. The van der Waals surface area contributed by atoms with E-state index in [1.54, 1.807) is 6.20 Å². The Morgan fingerprint density at radius 1 is 1.43 bits per heavy atom. The van der Waals surface area contributed by atoms with Gasteiger partial charge in [0.1, 0.15) is 11.8 Å². The van der Waals surface area contributed by atoms with Crippen LogP contribution in [0, 0.1) is 0 Å². The van der Waals surface area contributed by atoms with Crippen LogP contribution in [0.2, 0.25) is 0 Å². The number of aryl methyl sites for hydroxylation is 1. The van der Waals surface area contributed by atoms with Crippen molar-refractivity contribution in [1.29, 1.82) is 0 Å². The van der Waals surface area contributed by atoms with Gasteiger partial charge in [0.15, 0.2) is 0 Å². The van der Waals surface area contributed by atoms with Crippen molar-refractivity contribution >= 4 is 16.9 Å². The molecule has 0 saturated heterocycles. The number of nitrogens with one attached hydrogen (secondary N) is 2. The monoisotopic (exact) mass is 283 g/mol. The van der Waals surface area contributed by atoms with Gasteiger partial charge in [0.2, 0.25) is 0 Å². The Hall–Kier alpha value is -2.56. The molecule has 3 rings (SSSR count). The summed E-state index contributed by atoms with van der Waals surface area (Å²) in [5.74, 6) is -0.149. The molecular weight excluding hydrogens is 266 g/mol. The molecule has 0 radical (unpaired) electrons. The lowest BCUT2D eigenvalue weighted by Gasteiger charge is -2.11. The van der Waals surface area contributed by atoms with E-state index in [-0.39, 0.29) is 11.9 Å². The molecule has 0 bridgehead atoms. The van der Waals surface area contributed by atoms with Gasteiger partial charge in [-0.1, -0.05) is 13.0 Å². The number of hydrogen-bond donors (Lipinski definition) is 2. The van der Waals surface area contributed by atoms with Gasteiger partial charge >= 0.3 is 0 Å². The largest absolute Gasteiger partial charge is 0.463 e. The van der Waals surface area contributed by atoms with Crippen molar-refractivity contribution in [2.75, 3.05) is 0 Å². The van der Waals surface area contributed by atoms with E-state index in [4.69, 9.17) is 4.42 Å². The maximum Gasteiger partial charge on any atom is 0.255 e. The van der Waals surface area contributed by atoms with E-state index in [9.17, 15) is 4.79 Å². The molecule has 0 unspecified atom stereocenters. The molecule has 0 saturated carbocycles. The van der Waals surface area contributed by atoms with Crippen molar-refractivity contribution in [3.05, 3.63) is 53.5 Å². The van der Waals surface area contributed by atoms with Gasteiger partial charge in [-0.25, -0.2) is 0 Å². The molecule has 0 aliphatic carbocycles. The number of benzene rings is 1. The second-order valence-electron chi connectivity index (χ2n) is 5.04. The van der Waals surface area contributed by atoms with E-state index in [0.29, 0.717) is 5.56 Å². The number of carbonyl (C=O) groups excluding carboxylic acids is 1. The van der Waals surface area contributed by atoms with Crippen molar-refractivity contribution in [1.82, 2.24) is 15.5 Å². The summed E-state index contributed by atoms with van der Waals surface area (Å²) < 4.78 is 5.46. The molecule has 1 aromatic carbocycles. The highest BCUT2D eigenvalue weighted by Crippen LogP contribution is 2.23. The second-order valence-corrected chi connectivity index (χ2v) is 5.04. The highest BCUT2D eigenvalue weighted by atomic mass is 16.3.